The number of nitrogens with one attached hydrogen (secondary N) is 2. The number of pyridine rings is 1. The molecule has 0 bridgehead atoms. The number of aromatic amines is 1. The third kappa shape index (κ3) is 3.51. The Kier molecular flexibility index (Phi) is 4.63. The van der Waals surface area contributed by atoms with Crippen LogP contribution in [0.3, 0.4) is 0 Å². The van der Waals surface area contributed by atoms with Gasteiger partial charge in [-0.1, -0.05) is 18.2 Å². The lowest BCUT2D eigenvalue weighted by Gasteiger charge is -2.44. The fourth-order valence-electron chi connectivity index (χ4n) is 4.52. The van der Waals surface area contributed by atoms with Gasteiger partial charge in [-0.25, -0.2) is 0 Å². The van der Waals surface area contributed by atoms with E-state index < -0.39 is 0 Å². The Labute approximate surface area is 181 Å². The zero-order chi connectivity index (χ0) is 21.8. The monoisotopic (exact) mass is 416 g/mol. The van der Waals surface area contributed by atoms with Crippen LogP contribution in [0, 0.1) is 6.92 Å². The molecule has 2 fully saturated rings. The lowest BCUT2D eigenvalue weighted by atomic mass is 9.98. The summed E-state index contributed by atoms with van der Waals surface area (Å²) in [5.41, 5.74) is 4.19. The lowest BCUT2D eigenvalue weighted by Crippen LogP contribution is -2.57. The number of fused-ring (bicyclic) bond motifs is 1. The molecule has 1 aliphatic heterocycles. The summed E-state index contributed by atoms with van der Waals surface area (Å²) in [6, 6.07) is 16.0. The van der Waals surface area contributed by atoms with E-state index in [4.69, 9.17) is 0 Å². The van der Waals surface area contributed by atoms with Crippen molar-refractivity contribution in [1.82, 2.24) is 15.2 Å². The topological polar surface area (TPSA) is 68.4 Å². The van der Waals surface area contributed by atoms with Gasteiger partial charge in [-0.05, 0) is 69.3 Å². The van der Waals surface area contributed by atoms with E-state index in [2.05, 4.69) is 46.3 Å². The SMILES string of the molecule is Cc1ccc(N2CC(N(C)C)C2)cc1C(=O)NC1(c2cccc3[nH]c(=O)ccc23)CC1. The molecule has 160 valence electrons. The number of carbonyl (C=O) groups is 1. The molecule has 0 radical (unpaired) electrons. The van der Waals surface area contributed by atoms with E-state index in [1.54, 1.807) is 6.07 Å². The Morgan fingerprint density at radius 2 is 1.90 bits per heavy atom. The van der Waals surface area contributed by atoms with Crippen molar-refractivity contribution in [1.29, 1.82) is 0 Å². The van der Waals surface area contributed by atoms with E-state index >= 15 is 0 Å². The molecule has 0 atom stereocenters. The van der Waals surface area contributed by atoms with Crippen LogP contribution in [0.15, 0.2) is 53.3 Å². The van der Waals surface area contributed by atoms with Crippen LogP contribution >= 0.6 is 0 Å². The van der Waals surface area contributed by atoms with E-state index in [0.29, 0.717) is 6.04 Å². The van der Waals surface area contributed by atoms with Gasteiger partial charge in [-0.3, -0.25) is 9.59 Å². The van der Waals surface area contributed by atoms with Crippen LogP contribution in [0.4, 0.5) is 5.69 Å². The van der Waals surface area contributed by atoms with Crippen molar-refractivity contribution in [3.05, 3.63) is 75.6 Å². The summed E-state index contributed by atoms with van der Waals surface area (Å²) in [6.07, 6.45) is 1.79. The Bertz CT molecular complexity index is 1220. The number of anilines is 1. The van der Waals surface area contributed by atoms with Gasteiger partial charge in [0.1, 0.15) is 0 Å². The van der Waals surface area contributed by atoms with Gasteiger partial charge in [0, 0.05) is 47.4 Å². The highest BCUT2D eigenvalue weighted by Gasteiger charge is 2.47. The summed E-state index contributed by atoms with van der Waals surface area (Å²) in [5.74, 6) is -0.0389. The highest BCUT2D eigenvalue weighted by molar-refractivity contribution is 5.98. The van der Waals surface area contributed by atoms with Crippen LogP contribution in [-0.4, -0.2) is 49.0 Å². The first kappa shape index (κ1) is 19.8. The minimum atomic E-state index is -0.371. The second-order valence-corrected chi connectivity index (χ2v) is 9.15. The predicted molar refractivity (Wildman–Crippen MR) is 124 cm³/mol. The molecule has 0 unspecified atom stereocenters. The number of rotatable bonds is 5. The molecule has 2 heterocycles. The third-order valence-electron chi connectivity index (χ3n) is 6.81. The summed E-state index contributed by atoms with van der Waals surface area (Å²) in [5, 5.41) is 4.31. The molecule has 31 heavy (non-hydrogen) atoms. The first-order chi connectivity index (χ1) is 14.9. The number of H-pyrrole nitrogens is 1. The minimum Gasteiger partial charge on any atom is -0.368 e. The van der Waals surface area contributed by atoms with Crippen molar-refractivity contribution in [2.75, 3.05) is 32.1 Å². The quantitative estimate of drug-likeness (QED) is 0.671. The minimum absolute atomic E-state index is 0.0389. The van der Waals surface area contributed by atoms with Crippen molar-refractivity contribution < 1.29 is 4.79 Å². The molecular formula is C25H28N4O2. The Morgan fingerprint density at radius 1 is 1.13 bits per heavy atom. The van der Waals surface area contributed by atoms with Crippen molar-refractivity contribution in [2.24, 2.45) is 0 Å². The molecule has 2 aliphatic rings. The number of amides is 1. The van der Waals surface area contributed by atoms with Gasteiger partial charge in [0.15, 0.2) is 0 Å². The van der Waals surface area contributed by atoms with Gasteiger partial charge in [-0.2, -0.15) is 0 Å². The summed E-state index contributed by atoms with van der Waals surface area (Å²) in [4.78, 5) is 32.5. The van der Waals surface area contributed by atoms with E-state index in [1.165, 1.54) is 0 Å². The zero-order valence-electron chi connectivity index (χ0n) is 18.2. The molecule has 0 spiro atoms. The molecule has 1 amide bonds. The highest BCUT2D eigenvalue weighted by Crippen LogP contribution is 2.48. The molecule has 1 aliphatic carbocycles. The molecule has 2 aromatic carbocycles. The van der Waals surface area contributed by atoms with Gasteiger partial charge in [0.25, 0.3) is 5.91 Å². The van der Waals surface area contributed by atoms with Crippen molar-refractivity contribution in [3.63, 3.8) is 0 Å². The molecule has 5 rings (SSSR count). The van der Waals surface area contributed by atoms with E-state index in [0.717, 1.165) is 59.2 Å². The molecule has 1 saturated carbocycles. The van der Waals surface area contributed by atoms with Crippen molar-refractivity contribution >= 4 is 22.5 Å². The van der Waals surface area contributed by atoms with Crippen LogP contribution in [0.2, 0.25) is 0 Å². The largest absolute Gasteiger partial charge is 0.368 e. The predicted octanol–water partition coefficient (Wildman–Crippen LogP) is 3.01. The number of benzene rings is 2. The van der Waals surface area contributed by atoms with Crippen LogP contribution in [0.5, 0.6) is 0 Å². The Hall–Kier alpha value is -3.12. The molecule has 1 saturated heterocycles. The van der Waals surface area contributed by atoms with E-state index in [1.807, 2.05) is 37.3 Å². The highest BCUT2D eigenvalue weighted by atomic mass is 16.2. The smallest absolute Gasteiger partial charge is 0.252 e. The van der Waals surface area contributed by atoms with Crippen molar-refractivity contribution in [3.8, 4) is 0 Å². The standard InChI is InChI=1S/C25H28N4O2/c1-16-7-8-17(29-14-18(15-29)28(2)3)13-20(16)24(31)27-25(11-12-25)21-5-4-6-22-19(21)9-10-23(30)26-22/h4-10,13,18H,11-12,14-15H2,1-3H3,(H,26,30)(H,27,31). The van der Waals surface area contributed by atoms with Crippen LogP contribution in [0.25, 0.3) is 10.9 Å². The van der Waals surface area contributed by atoms with E-state index in [-0.39, 0.29) is 17.0 Å². The average molecular weight is 417 g/mol. The lowest BCUT2D eigenvalue weighted by molar-refractivity contribution is 0.0930. The van der Waals surface area contributed by atoms with Gasteiger partial charge < -0.3 is 20.1 Å². The van der Waals surface area contributed by atoms with E-state index in [9.17, 15) is 9.59 Å². The Morgan fingerprint density at radius 3 is 2.61 bits per heavy atom. The number of likely N-dealkylation sites (N-methyl/N-ethyl adjacent to an activating group) is 1. The maximum absolute atomic E-state index is 13.3. The number of aromatic nitrogens is 1. The summed E-state index contributed by atoms with van der Waals surface area (Å²) >= 11 is 0. The van der Waals surface area contributed by atoms with Crippen LogP contribution < -0.4 is 15.8 Å². The fourth-order valence-corrected chi connectivity index (χ4v) is 4.52. The number of aryl methyl sites for hydroxylation is 1. The number of hydrogen-bond donors (Lipinski definition) is 2. The maximum Gasteiger partial charge on any atom is 0.252 e. The second kappa shape index (κ2) is 7.24. The first-order valence-electron chi connectivity index (χ1n) is 10.8. The number of carbonyl (C=O) groups excluding carboxylic acids is 1. The summed E-state index contributed by atoms with van der Waals surface area (Å²) < 4.78 is 0. The molecule has 1 aromatic heterocycles. The molecule has 2 N–H and O–H groups in total. The fraction of sp³-hybridized carbons (Fsp3) is 0.360. The number of hydrogen-bond acceptors (Lipinski definition) is 4. The van der Waals surface area contributed by atoms with Gasteiger partial charge in [-0.15, -0.1) is 0 Å². The summed E-state index contributed by atoms with van der Waals surface area (Å²) in [6.45, 7) is 3.95. The number of nitrogens with zero attached hydrogens (tertiary/aromatic N) is 2. The maximum atomic E-state index is 13.3. The average Bonchev–Trinajstić information content (AvgIpc) is 3.47. The van der Waals surface area contributed by atoms with Gasteiger partial charge in [0.2, 0.25) is 5.56 Å². The third-order valence-corrected chi connectivity index (χ3v) is 6.81. The van der Waals surface area contributed by atoms with Crippen LogP contribution in [-0.2, 0) is 5.54 Å². The Balaban J connectivity index is 1.41. The zero-order valence-corrected chi connectivity index (χ0v) is 18.2. The van der Waals surface area contributed by atoms with Crippen LogP contribution in [0.1, 0.15) is 34.3 Å². The normalized spacial score (nSPS) is 17.6. The molecule has 6 nitrogen and oxygen atoms in total. The van der Waals surface area contributed by atoms with Gasteiger partial charge in [0.05, 0.1) is 5.54 Å². The molecule has 6 heteroatoms. The van der Waals surface area contributed by atoms with Gasteiger partial charge >= 0.3 is 0 Å². The molecular weight excluding hydrogens is 388 g/mol. The second-order valence-electron chi connectivity index (χ2n) is 9.15. The first-order valence-corrected chi connectivity index (χ1v) is 10.8. The molecule has 3 aromatic rings. The van der Waals surface area contributed by atoms with Crippen molar-refractivity contribution in [2.45, 2.75) is 31.3 Å². The summed E-state index contributed by atoms with van der Waals surface area (Å²) in [7, 11) is 4.21.